The minimum atomic E-state index is -0.406. The van der Waals surface area contributed by atoms with E-state index < -0.39 is 5.82 Å². The number of ketones is 1. The van der Waals surface area contributed by atoms with Gasteiger partial charge in [-0.2, -0.15) is 0 Å². The van der Waals surface area contributed by atoms with Crippen LogP contribution in [-0.2, 0) is 0 Å². The lowest BCUT2D eigenvalue weighted by molar-refractivity contribution is 0.103. The first-order valence-electron chi connectivity index (χ1n) is 7.43. The van der Waals surface area contributed by atoms with E-state index in [4.69, 9.17) is 0 Å². The number of hydrogen-bond acceptors (Lipinski definition) is 4. The maximum atomic E-state index is 13.6. The second-order valence-electron chi connectivity index (χ2n) is 5.45. The number of carbonyl (C=O) groups excluding carboxylic acids is 1. The van der Waals surface area contributed by atoms with Gasteiger partial charge >= 0.3 is 0 Å². The molecule has 0 aliphatic heterocycles. The molecule has 6 heteroatoms. The summed E-state index contributed by atoms with van der Waals surface area (Å²) in [6, 6.07) is 11.3. The second-order valence-corrected chi connectivity index (χ2v) is 6.30. The highest BCUT2D eigenvalue weighted by Gasteiger charge is 2.32. The lowest BCUT2D eigenvalue weighted by Crippen LogP contribution is -2.31. The monoisotopic (exact) mass is 400 g/mol. The van der Waals surface area contributed by atoms with E-state index in [1.54, 1.807) is 48.2 Å². The molecule has 0 heterocycles. The Balaban J connectivity index is 2.21. The Morgan fingerprint density at radius 1 is 1.24 bits per heavy atom. The molecule has 1 aliphatic rings. The van der Waals surface area contributed by atoms with Crippen LogP contribution < -0.4 is 4.90 Å². The van der Waals surface area contributed by atoms with Crippen molar-refractivity contribution < 1.29 is 14.4 Å². The number of benzene rings is 2. The maximum Gasteiger partial charge on any atom is 0.210 e. The number of hydrogen-bond donors (Lipinski definition) is 1. The predicted octanol–water partition coefficient (Wildman–Crippen LogP) is 4.89. The highest BCUT2D eigenvalue weighted by Crippen LogP contribution is 2.33. The third kappa shape index (κ3) is 2.78. The Labute approximate surface area is 152 Å². The summed E-state index contributed by atoms with van der Waals surface area (Å²) in [5, 5.41) is 12.8. The fourth-order valence-corrected chi connectivity index (χ4v) is 3.25. The zero-order chi connectivity index (χ0) is 18.1. The van der Waals surface area contributed by atoms with E-state index in [9.17, 15) is 14.4 Å². The van der Waals surface area contributed by atoms with Crippen molar-refractivity contribution >= 4 is 33.1 Å². The zero-order valence-electron chi connectivity index (χ0n) is 13.3. The number of Topliss-reactive ketones (excluding diaryl/α,β-unsaturated/α-hetero) is 1. The summed E-state index contributed by atoms with van der Waals surface area (Å²) in [5.74, 6) is -0.628. The Kier molecular flexibility index (Phi) is 4.55. The van der Waals surface area contributed by atoms with E-state index in [0.717, 1.165) is 0 Å². The van der Waals surface area contributed by atoms with Crippen LogP contribution >= 0.6 is 15.9 Å². The number of halogens is 2. The van der Waals surface area contributed by atoms with Gasteiger partial charge in [0.15, 0.2) is 0 Å². The summed E-state index contributed by atoms with van der Waals surface area (Å²) in [6.07, 6.45) is 1.47. The van der Waals surface area contributed by atoms with Crippen molar-refractivity contribution in [3.63, 3.8) is 0 Å². The van der Waals surface area contributed by atoms with Gasteiger partial charge < -0.3 is 10.1 Å². The first kappa shape index (κ1) is 17.1. The number of fused-ring (bicyclic) bond motifs is 1. The molecule has 2 aromatic rings. The van der Waals surface area contributed by atoms with Gasteiger partial charge in [0.25, 0.3) is 0 Å². The van der Waals surface area contributed by atoms with Gasteiger partial charge in [-0.1, -0.05) is 36.0 Å². The van der Waals surface area contributed by atoms with Crippen LogP contribution in [0, 0.1) is 5.82 Å². The van der Waals surface area contributed by atoms with Gasteiger partial charge in [-0.05, 0) is 41.1 Å². The quantitative estimate of drug-likeness (QED) is 0.589. The van der Waals surface area contributed by atoms with Gasteiger partial charge in [-0.3, -0.25) is 4.79 Å². The Morgan fingerprint density at radius 2 is 1.92 bits per heavy atom. The number of carbonyl (C=O) groups is 1. The van der Waals surface area contributed by atoms with Gasteiger partial charge in [-0.25, -0.2) is 4.39 Å². The largest absolute Gasteiger partial charge is 0.410 e. The predicted molar refractivity (Wildman–Crippen MR) is 98.6 cm³/mol. The number of nitrogens with zero attached hydrogens (tertiary/aromatic N) is 2. The first-order valence-corrected chi connectivity index (χ1v) is 8.23. The van der Waals surface area contributed by atoms with Gasteiger partial charge in [0.05, 0.1) is 10.2 Å². The summed E-state index contributed by atoms with van der Waals surface area (Å²) in [5.41, 5.74) is 2.69. The first-order chi connectivity index (χ1) is 12.0. The molecule has 25 heavy (non-hydrogen) atoms. The van der Waals surface area contributed by atoms with E-state index in [1.165, 1.54) is 12.3 Å². The molecule has 0 fully saturated rings. The Hall–Kier alpha value is -2.73. The van der Waals surface area contributed by atoms with Crippen LogP contribution in [-0.4, -0.2) is 16.7 Å². The molecule has 126 valence electrons. The van der Waals surface area contributed by atoms with Crippen molar-refractivity contribution in [2.24, 2.45) is 5.16 Å². The fourth-order valence-electron chi connectivity index (χ4n) is 2.88. The van der Waals surface area contributed by atoms with Gasteiger partial charge in [0.1, 0.15) is 11.5 Å². The summed E-state index contributed by atoms with van der Waals surface area (Å²) >= 11 is 3.15. The number of oxime groups is 1. The smallest absolute Gasteiger partial charge is 0.210 e. The molecular weight excluding hydrogens is 387 g/mol. The molecule has 1 N–H and O–H groups in total. The molecule has 0 saturated carbocycles. The maximum absolute atomic E-state index is 13.6. The van der Waals surface area contributed by atoms with Crippen LogP contribution in [0.5, 0.6) is 0 Å². The van der Waals surface area contributed by atoms with Crippen molar-refractivity contribution in [2.45, 2.75) is 6.92 Å². The highest BCUT2D eigenvalue weighted by atomic mass is 79.9. The van der Waals surface area contributed by atoms with Crippen molar-refractivity contribution in [1.82, 2.24) is 0 Å². The second kappa shape index (κ2) is 6.64. The van der Waals surface area contributed by atoms with Crippen molar-refractivity contribution in [2.75, 3.05) is 4.90 Å². The summed E-state index contributed by atoms with van der Waals surface area (Å²) in [6.45, 7) is 5.47. The van der Waals surface area contributed by atoms with Crippen molar-refractivity contribution in [3.8, 4) is 0 Å². The summed E-state index contributed by atoms with van der Waals surface area (Å²) in [7, 11) is 0. The molecule has 0 radical (unpaired) electrons. The molecule has 0 atom stereocenters. The normalized spacial score (nSPS) is 15.3. The van der Waals surface area contributed by atoms with Crippen LogP contribution in [0.15, 0.2) is 76.1 Å². The Bertz CT molecular complexity index is 950. The molecule has 4 nitrogen and oxygen atoms in total. The Morgan fingerprint density at radius 3 is 2.52 bits per heavy atom. The standard InChI is InChI=1S/C19H14BrFN2O2/c1-3-23(12-8-9-16(21)15(20)10-12)18-11(2)17(22-25)13-6-4-5-7-14(13)19(18)24/h3-10,25H,1H2,2H3/b22-17-. The van der Waals surface area contributed by atoms with Crippen LogP contribution in [0.3, 0.4) is 0 Å². The van der Waals surface area contributed by atoms with E-state index in [0.29, 0.717) is 33.8 Å². The molecule has 0 spiro atoms. The third-order valence-corrected chi connectivity index (χ3v) is 4.66. The topological polar surface area (TPSA) is 52.9 Å². The van der Waals surface area contributed by atoms with Crippen LogP contribution in [0.4, 0.5) is 10.1 Å². The van der Waals surface area contributed by atoms with Crippen molar-refractivity contribution in [3.05, 3.63) is 87.9 Å². The molecular formula is C19H14BrFN2O2. The number of allylic oxidation sites excluding steroid dienone is 2. The minimum absolute atomic E-state index is 0.221. The molecule has 0 bridgehead atoms. The SMILES string of the molecule is C=CN(C1=C(C)/C(=N/O)c2ccccc2C1=O)c1ccc(F)c(Br)c1. The van der Waals surface area contributed by atoms with E-state index in [1.807, 2.05) is 0 Å². The molecule has 0 aromatic heterocycles. The number of rotatable bonds is 3. The molecule has 2 aromatic carbocycles. The van der Waals surface area contributed by atoms with Gasteiger partial charge in [0, 0.05) is 28.6 Å². The fraction of sp³-hybridized carbons (Fsp3) is 0.0526. The van der Waals surface area contributed by atoms with Gasteiger partial charge in [0.2, 0.25) is 5.78 Å². The van der Waals surface area contributed by atoms with Crippen LogP contribution in [0.2, 0.25) is 0 Å². The summed E-state index contributed by atoms with van der Waals surface area (Å²) in [4.78, 5) is 14.6. The minimum Gasteiger partial charge on any atom is -0.410 e. The van der Waals surface area contributed by atoms with Crippen LogP contribution in [0.1, 0.15) is 22.8 Å². The van der Waals surface area contributed by atoms with E-state index >= 15 is 0 Å². The van der Waals surface area contributed by atoms with E-state index in [-0.39, 0.29) is 10.3 Å². The molecule has 3 rings (SSSR count). The lowest BCUT2D eigenvalue weighted by atomic mass is 9.86. The number of anilines is 1. The average Bonchev–Trinajstić information content (AvgIpc) is 2.61. The highest BCUT2D eigenvalue weighted by molar-refractivity contribution is 9.10. The third-order valence-electron chi connectivity index (χ3n) is 4.06. The lowest BCUT2D eigenvalue weighted by Gasteiger charge is -2.29. The summed E-state index contributed by atoms with van der Waals surface area (Å²) < 4.78 is 13.8. The van der Waals surface area contributed by atoms with Crippen molar-refractivity contribution in [1.29, 1.82) is 0 Å². The molecule has 0 amide bonds. The van der Waals surface area contributed by atoms with E-state index in [2.05, 4.69) is 27.7 Å². The molecule has 1 aliphatic carbocycles. The zero-order valence-corrected chi connectivity index (χ0v) is 14.9. The molecule has 0 unspecified atom stereocenters. The van der Waals surface area contributed by atoms with Gasteiger partial charge in [-0.15, -0.1) is 0 Å². The average molecular weight is 401 g/mol. The van der Waals surface area contributed by atoms with Crippen LogP contribution in [0.25, 0.3) is 0 Å². The molecule has 0 saturated heterocycles.